The van der Waals surface area contributed by atoms with Crippen molar-refractivity contribution in [1.29, 1.82) is 0 Å². The van der Waals surface area contributed by atoms with Crippen molar-refractivity contribution >= 4 is 33.1 Å². The number of likely N-dealkylation sites (N-methyl/N-ethyl adjacent to an activating group) is 1. The number of benzene rings is 2. The number of rotatable bonds is 8. The Bertz CT molecular complexity index is 1300. The highest BCUT2D eigenvalue weighted by atomic mass is 35.5. The first-order chi connectivity index (χ1) is 17.1. The molecule has 0 unspecified atom stereocenters. The van der Waals surface area contributed by atoms with Crippen molar-refractivity contribution in [3.8, 4) is 0 Å². The first-order valence-corrected chi connectivity index (χ1v) is 13.4. The Morgan fingerprint density at radius 1 is 1.17 bits per heavy atom. The number of halogens is 3. The summed E-state index contributed by atoms with van der Waals surface area (Å²) < 4.78 is 57.6. The second kappa shape index (κ2) is 10.7. The summed E-state index contributed by atoms with van der Waals surface area (Å²) in [4.78, 5) is 10.5. The standard InChI is InChI=1S/C25H28ClF2N5O2S/c1-32(2)25(10-7-18-5-3-6-19(26)13-18)9-4-12-33(16-25)20-14-21(27)24(22(28)15-20)36(34,35)31-23-8-11-29-17-30-23/h3,5-6,8,11,13-15,17H,4,7,9-10,12,16H2,1-2H3,(H,29,30,31)/t25-/m0/s1. The largest absolute Gasteiger partial charge is 0.370 e. The first-order valence-electron chi connectivity index (χ1n) is 11.5. The quantitative estimate of drug-likeness (QED) is 0.449. The SMILES string of the molecule is CN(C)[C@]1(CCc2cccc(Cl)c2)CCCN(c2cc(F)c(S(=O)(=O)Nc3ccncn3)c(F)c2)C1. The smallest absolute Gasteiger partial charge is 0.268 e. The van der Waals surface area contributed by atoms with Crippen molar-refractivity contribution in [2.24, 2.45) is 0 Å². The highest BCUT2D eigenvalue weighted by molar-refractivity contribution is 7.92. The highest BCUT2D eigenvalue weighted by Crippen LogP contribution is 2.35. The molecular formula is C25H28ClF2N5O2S. The van der Waals surface area contributed by atoms with Gasteiger partial charge < -0.3 is 9.80 Å². The zero-order chi connectivity index (χ0) is 25.9. The second-order valence-corrected chi connectivity index (χ2v) is 11.3. The Morgan fingerprint density at radius 2 is 1.92 bits per heavy atom. The maximum absolute atomic E-state index is 15.1. The van der Waals surface area contributed by atoms with Crippen LogP contribution in [0.25, 0.3) is 0 Å². The summed E-state index contributed by atoms with van der Waals surface area (Å²) in [5.41, 5.74) is 1.20. The second-order valence-electron chi connectivity index (χ2n) is 9.21. The molecule has 2 aromatic carbocycles. The first kappa shape index (κ1) is 26.2. The Hall–Kier alpha value is -2.82. The number of aromatic nitrogens is 2. The lowest BCUT2D eigenvalue weighted by molar-refractivity contribution is 0.116. The van der Waals surface area contributed by atoms with Crippen LogP contribution in [0.15, 0.2) is 59.9 Å². The number of sulfonamides is 1. The van der Waals surface area contributed by atoms with Crippen LogP contribution >= 0.6 is 11.6 Å². The van der Waals surface area contributed by atoms with Crippen LogP contribution in [0.5, 0.6) is 0 Å². The summed E-state index contributed by atoms with van der Waals surface area (Å²) in [7, 11) is -0.507. The minimum absolute atomic E-state index is 0.0839. The van der Waals surface area contributed by atoms with Crippen LogP contribution in [0.1, 0.15) is 24.8 Å². The molecule has 3 aromatic rings. The van der Waals surface area contributed by atoms with Gasteiger partial charge in [0.05, 0.1) is 0 Å². The molecule has 1 aliphatic rings. The molecule has 0 aliphatic carbocycles. The van der Waals surface area contributed by atoms with Crippen molar-refractivity contribution in [2.75, 3.05) is 36.8 Å². The van der Waals surface area contributed by atoms with Gasteiger partial charge in [-0.1, -0.05) is 23.7 Å². The van der Waals surface area contributed by atoms with Gasteiger partial charge in [0, 0.05) is 35.5 Å². The highest BCUT2D eigenvalue weighted by Gasteiger charge is 2.38. The van der Waals surface area contributed by atoms with Crippen LogP contribution in [-0.2, 0) is 16.4 Å². The van der Waals surface area contributed by atoms with Crippen LogP contribution in [0, 0.1) is 11.6 Å². The zero-order valence-electron chi connectivity index (χ0n) is 20.1. The number of aryl methyl sites for hydroxylation is 1. The topological polar surface area (TPSA) is 78.4 Å². The predicted molar refractivity (Wildman–Crippen MR) is 137 cm³/mol. The van der Waals surface area contributed by atoms with E-state index in [1.165, 1.54) is 12.3 Å². The summed E-state index contributed by atoms with van der Waals surface area (Å²) in [6.07, 6.45) is 5.84. The van der Waals surface area contributed by atoms with Crippen molar-refractivity contribution in [3.05, 3.63) is 77.2 Å². The molecule has 0 amide bonds. The molecule has 1 aliphatic heterocycles. The molecule has 4 rings (SSSR count). The molecule has 0 saturated carbocycles. The van der Waals surface area contributed by atoms with Crippen LogP contribution in [0.2, 0.25) is 5.02 Å². The van der Waals surface area contributed by atoms with E-state index in [2.05, 4.69) is 19.6 Å². The summed E-state index contributed by atoms with van der Waals surface area (Å²) in [5.74, 6) is -2.41. The van der Waals surface area contributed by atoms with Gasteiger partial charge in [0.15, 0.2) is 4.90 Å². The lowest BCUT2D eigenvalue weighted by Crippen LogP contribution is -2.56. The molecule has 1 fully saturated rings. The fourth-order valence-corrected chi connectivity index (χ4v) is 6.06. The summed E-state index contributed by atoms with van der Waals surface area (Å²) in [5, 5.41) is 0.687. The van der Waals surface area contributed by atoms with Crippen LogP contribution in [0.3, 0.4) is 0 Å². The van der Waals surface area contributed by atoms with Crippen molar-refractivity contribution in [1.82, 2.24) is 14.9 Å². The number of nitrogens with zero attached hydrogens (tertiary/aromatic N) is 4. The summed E-state index contributed by atoms with van der Waals surface area (Å²) >= 11 is 6.14. The van der Waals surface area contributed by atoms with E-state index in [0.29, 0.717) is 23.8 Å². The number of hydrogen-bond acceptors (Lipinski definition) is 6. The van der Waals surface area contributed by atoms with Gasteiger partial charge in [-0.05, 0) is 75.7 Å². The Kier molecular flexibility index (Phi) is 7.77. The number of nitrogens with one attached hydrogen (secondary N) is 1. The zero-order valence-corrected chi connectivity index (χ0v) is 21.7. The van der Waals surface area contributed by atoms with Gasteiger partial charge in [-0.3, -0.25) is 4.72 Å². The van der Waals surface area contributed by atoms with E-state index in [-0.39, 0.29) is 11.4 Å². The molecule has 0 bridgehead atoms. The lowest BCUT2D eigenvalue weighted by Gasteiger charge is -2.48. The third kappa shape index (κ3) is 5.77. The average Bonchev–Trinajstić information content (AvgIpc) is 2.82. The molecule has 11 heteroatoms. The third-order valence-electron chi connectivity index (χ3n) is 6.71. The van der Waals surface area contributed by atoms with Gasteiger partial charge >= 0.3 is 0 Å². The molecule has 0 spiro atoms. The van der Waals surface area contributed by atoms with E-state index in [9.17, 15) is 8.42 Å². The normalized spacial score (nSPS) is 18.4. The van der Waals surface area contributed by atoms with Gasteiger partial charge in [-0.15, -0.1) is 0 Å². The van der Waals surface area contributed by atoms with Gasteiger partial charge in [0.2, 0.25) is 0 Å². The molecule has 1 atom stereocenters. The van der Waals surface area contributed by atoms with E-state index >= 15 is 8.78 Å². The third-order valence-corrected chi connectivity index (χ3v) is 8.35. The van der Waals surface area contributed by atoms with Gasteiger partial charge in [0.1, 0.15) is 23.8 Å². The van der Waals surface area contributed by atoms with Gasteiger partial charge in [-0.2, -0.15) is 0 Å². The fraction of sp³-hybridized carbons (Fsp3) is 0.360. The number of piperidine rings is 1. The van der Waals surface area contributed by atoms with Crippen LogP contribution < -0.4 is 9.62 Å². The minimum atomic E-state index is -4.53. The van der Waals surface area contributed by atoms with Crippen molar-refractivity contribution in [3.63, 3.8) is 0 Å². The summed E-state index contributed by atoms with van der Waals surface area (Å²) in [6, 6.07) is 11.2. The molecule has 0 radical (unpaired) electrons. The van der Waals surface area contributed by atoms with Gasteiger partial charge in [-0.25, -0.2) is 27.2 Å². The molecule has 1 saturated heterocycles. The van der Waals surface area contributed by atoms with E-state index in [1.54, 1.807) is 0 Å². The molecule has 2 heterocycles. The number of hydrogen-bond donors (Lipinski definition) is 1. The lowest BCUT2D eigenvalue weighted by atomic mass is 9.82. The molecule has 36 heavy (non-hydrogen) atoms. The predicted octanol–water partition coefficient (Wildman–Crippen LogP) is 4.74. The van der Waals surface area contributed by atoms with E-state index in [4.69, 9.17) is 11.6 Å². The molecule has 192 valence electrons. The molecule has 1 aromatic heterocycles. The van der Waals surface area contributed by atoms with Crippen molar-refractivity contribution in [2.45, 2.75) is 36.1 Å². The van der Waals surface area contributed by atoms with Crippen LogP contribution in [0.4, 0.5) is 20.3 Å². The monoisotopic (exact) mass is 535 g/mol. The van der Waals surface area contributed by atoms with E-state index < -0.39 is 26.6 Å². The maximum Gasteiger partial charge on any atom is 0.268 e. The molecule has 7 nitrogen and oxygen atoms in total. The van der Waals surface area contributed by atoms with E-state index in [1.807, 2.05) is 43.3 Å². The molecular weight excluding hydrogens is 508 g/mol. The van der Waals surface area contributed by atoms with Crippen molar-refractivity contribution < 1.29 is 17.2 Å². The Morgan fingerprint density at radius 3 is 2.56 bits per heavy atom. The number of anilines is 2. The van der Waals surface area contributed by atoms with E-state index in [0.717, 1.165) is 49.7 Å². The minimum Gasteiger partial charge on any atom is -0.370 e. The molecule has 1 N–H and O–H groups in total. The Labute approximate surface area is 215 Å². The average molecular weight is 536 g/mol. The van der Waals surface area contributed by atoms with Gasteiger partial charge in [0.25, 0.3) is 10.0 Å². The van der Waals surface area contributed by atoms with Crippen LogP contribution in [-0.4, -0.2) is 56.0 Å². The maximum atomic E-state index is 15.1. The summed E-state index contributed by atoms with van der Waals surface area (Å²) in [6.45, 7) is 1.15. The Balaban J connectivity index is 1.57. The fourth-order valence-electron chi connectivity index (χ4n) is 4.72.